The molecule has 1 aliphatic heterocycles. The second-order valence-electron chi connectivity index (χ2n) is 5.37. The van der Waals surface area contributed by atoms with Gasteiger partial charge in [-0.15, -0.1) is 6.58 Å². The van der Waals surface area contributed by atoms with Gasteiger partial charge in [-0.1, -0.05) is 11.2 Å². The smallest absolute Gasteiger partial charge is 0.316 e. The maximum Gasteiger partial charge on any atom is 0.316 e. The lowest BCUT2D eigenvalue weighted by Crippen LogP contribution is -2.29. The van der Waals surface area contributed by atoms with Crippen LogP contribution < -0.4 is 10.2 Å². The number of hydrogen-bond acceptors (Lipinski definition) is 6. The van der Waals surface area contributed by atoms with Crippen LogP contribution in [0.15, 0.2) is 35.5 Å². The Morgan fingerprint density at radius 2 is 2.17 bits per heavy atom. The molecule has 1 aliphatic rings. The molecule has 0 aromatic carbocycles. The fourth-order valence-corrected chi connectivity index (χ4v) is 2.50. The summed E-state index contributed by atoms with van der Waals surface area (Å²) in [6.45, 7) is 5.97. The molecule has 0 aliphatic carbocycles. The lowest BCUT2D eigenvalue weighted by molar-refractivity contribution is 0.0914. The second kappa shape index (κ2) is 7.04. The van der Waals surface area contributed by atoms with Crippen molar-refractivity contribution < 1.29 is 9.32 Å². The van der Waals surface area contributed by atoms with E-state index < -0.39 is 5.91 Å². The Morgan fingerprint density at radius 3 is 2.87 bits per heavy atom. The number of nitrogens with zero attached hydrogens (tertiary/aromatic N) is 4. The normalized spacial score (nSPS) is 14.5. The first kappa shape index (κ1) is 15.2. The molecule has 7 nitrogen and oxygen atoms in total. The summed E-state index contributed by atoms with van der Waals surface area (Å²) in [4.78, 5) is 22.6. The minimum atomic E-state index is -0.415. The van der Waals surface area contributed by atoms with Crippen LogP contribution >= 0.6 is 0 Å². The summed E-state index contributed by atoms with van der Waals surface area (Å²) in [6, 6.07) is 3.85. The zero-order valence-corrected chi connectivity index (χ0v) is 12.9. The standard InChI is InChI=1S/C16H19N5O2/c1-2-8-17-15(22)16-19-14(20-23-16)12-6-7-13(18-11-12)21-9-4-3-5-10-21/h2,6-7,11H,1,3-5,8-10H2,(H,17,22). The number of carbonyl (C=O) groups excluding carboxylic acids is 1. The number of carbonyl (C=O) groups is 1. The van der Waals surface area contributed by atoms with E-state index in [2.05, 4.69) is 31.9 Å². The van der Waals surface area contributed by atoms with E-state index in [1.807, 2.05) is 12.1 Å². The topological polar surface area (TPSA) is 84.2 Å². The van der Waals surface area contributed by atoms with Crippen LogP contribution in [-0.4, -0.2) is 40.7 Å². The molecule has 3 rings (SSSR count). The van der Waals surface area contributed by atoms with Crippen LogP contribution in [-0.2, 0) is 0 Å². The number of anilines is 1. The maximum atomic E-state index is 11.7. The van der Waals surface area contributed by atoms with Crippen LogP contribution in [0.5, 0.6) is 0 Å². The number of hydrogen-bond donors (Lipinski definition) is 1. The molecule has 1 N–H and O–H groups in total. The van der Waals surface area contributed by atoms with Crippen molar-refractivity contribution in [2.75, 3.05) is 24.5 Å². The third-order valence-electron chi connectivity index (χ3n) is 3.71. The lowest BCUT2D eigenvalue weighted by Gasteiger charge is -2.27. The Bertz CT molecular complexity index is 674. The first-order valence-corrected chi connectivity index (χ1v) is 7.72. The molecule has 1 fully saturated rings. The molecule has 0 saturated carbocycles. The van der Waals surface area contributed by atoms with Gasteiger partial charge in [0.15, 0.2) is 0 Å². The molecule has 0 radical (unpaired) electrons. The van der Waals surface area contributed by atoms with Crippen LogP contribution in [0.4, 0.5) is 5.82 Å². The van der Waals surface area contributed by atoms with Crippen LogP contribution in [0, 0.1) is 0 Å². The largest absolute Gasteiger partial charge is 0.357 e. The molecule has 0 atom stereocenters. The van der Waals surface area contributed by atoms with Crippen molar-refractivity contribution in [1.29, 1.82) is 0 Å². The number of nitrogens with one attached hydrogen (secondary N) is 1. The highest BCUT2D eigenvalue weighted by Crippen LogP contribution is 2.21. The first-order valence-electron chi connectivity index (χ1n) is 7.72. The van der Waals surface area contributed by atoms with Gasteiger partial charge in [0, 0.05) is 31.4 Å². The Kier molecular flexibility index (Phi) is 4.65. The van der Waals surface area contributed by atoms with Crippen molar-refractivity contribution in [3.63, 3.8) is 0 Å². The summed E-state index contributed by atoms with van der Waals surface area (Å²) in [5.74, 6) is 0.829. The van der Waals surface area contributed by atoms with Gasteiger partial charge in [0.25, 0.3) is 0 Å². The molecule has 1 saturated heterocycles. The fourth-order valence-electron chi connectivity index (χ4n) is 2.50. The Labute approximate surface area is 134 Å². The minimum absolute atomic E-state index is 0.0676. The average Bonchev–Trinajstić information content (AvgIpc) is 3.11. The minimum Gasteiger partial charge on any atom is -0.357 e. The molecule has 0 bridgehead atoms. The highest BCUT2D eigenvalue weighted by molar-refractivity contribution is 5.89. The SMILES string of the molecule is C=CCNC(=O)c1nc(-c2ccc(N3CCCCC3)nc2)no1. The highest BCUT2D eigenvalue weighted by Gasteiger charge is 2.16. The van der Waals surface area contributed by atoms with E-state index in [0.29, 0.717) is 12.4 Å². The summed E-state index contributed by atoms with van der Waals surface area (Å²) in [7, 11) is 0. The summed E-state index contributed by atoms with van der Waals surface area (Å²) < 4.78 is 4.98. The van der Waals surface area contributed by atoms with Gasteiger partial charge in [-0.3, -0.25) is 4.79 Å². The third-order valence-corrected chi connectivity index (χ3v) is 3.71. The van der Waals surface area contributed by atoms with E-state index in [1.165, 1.54) is 19.3 Å². The van der Waals surface area contributed by atoms with E-state index >= 15 is 0 Å². The molecule has 2 aromatic rings. The molecule has 1 amide bonds. The molecular weight excluding hydrogens is 294 g/mol. The van der Waals surface area contributed by atoms with Gasteiger partial charge in [-0.05, 0) is 31.4 Å². The maximum absolute atomic E-state index is 11.7. The van der Waals surface area contributed by atoms with Gasteiger partial charge >= 0.3 is 11.8 Å². The highest BCUT2D eigenvalue weighted by atomic mass is 16.5. The summed E-state index contributed by atoms with van der Waals surface area (Å²) in [5.41, 5.74) is 0.720. The van der Waals surface area contributed by atoms with Crippen molar-refractivity contribution in [3.05, 3.63) is 36.9 Å². The fraction of sp³-hybridized carbons (Fsp3) is 0.375. The zero-order valence-electron chi connectivity index (χ0n) is 12.9. The monoisotopic (exact) mass is 313 g/mol. The van der Waals surface area contributed by atoms with Crippen molar-refractivity contribution in [3.8, 4) is 11.4 Å². The number of pyridine rings is 1. The number of amides is 1. The summed E-state index contributed by atoms with van der Waals surface area (Å²) in [5, 5.41) is 6.42. The van der Waals surface area contributed by atoms with Crippen LogP contribution in [0.2, 0.25) is 0 Å². The molecule has 2 aromatic heterocycles. The molecule has 120 valence electrons. The molecule has 23 heavy (non-hydrogen) atoms. The second-order valence-corrected chi connectivity index (χ2v) is 5.37. The van der Waals surface area contributed by atoms with Crippen LogP contribution in [0.1, 0.15) is 29.9 Å². The molecule has 3 heterocycles. The van der Waals surface area contributed by atoms with E-state index in [-0.39, 0.29) is 5.89 Å². The van der Waals surface area contributed by atoms with Gasteiger partial charge in [-0.25, -0.2) is 4.98 Å². The Hall–Kier alpha value is -2.70. The Balaban J connectivity index is 1.70. The van der Waals surface area contributed by atoms with Gasteiger partial charge < -0.3 is 14.7 Å². The number of piperidine rings is 1. The van der Waals surface area contributed by atoms with Gasteiger partial charge in [0.2, 0.25) is 5.82 Å². The van der Waals surface area contributed by atoms with Gasteiger partial charge in [0.1, 0.15) is 5.82 Å². The molecule has 7 heteroatoms. The van der Waals surface area contributed by atoms with E-state index in [4.69, 9.17) is 4.52 Å². The van der Waals surface area contributed by atoms with Gasteiger partial charge in [-0.2, -0.15) is 4.98 Å². The summed E-state index contributed by atoms with van der Waals surface area (Å²) >= 11 is 0. The Morgan fingerprint density at radius 1 is 1.35 bits per heavy atom. The third kappa shape index (κ3) is 3.56. The van der Waals surface area contributed by atoms with E-state index in [0.717, 1.165) is 24.5 Å². The lowest BCUT2D eigenvalue weighted by atomic mass is 10.1. The predicted molar refractivity (Wildman–Crippen MR) is 86.1 cm³/mol. The van der Waals surface area contributed by atoms with Crippen LogP contribution in [0.3, 0.4) is 0 Å². The number of aromatic nitrogens is 3. The van der Waals surface area contributed by atoms with E-state index in [9.17, 15) is 4.79 Å². The molecule has 0 spiro atoms. The van der Waals surface area contributed by atoms with Crippen LogP contribution in [0.25, 0.3) is 11.4 Å². The zero-order chi connectivity index (χ0) is 16.1. The summed E-state index contributed by atoms with van der Waals surface area (Å²) in [6.07, 6.45) is 6.99. The van der Waals surface area contributed by atoms with Crippen molar-refractivity contribution in [2.24, 2.45) is 0 Å². The van der Waals surface area contributed by atoms with Crippen molar-refractivity contribution >= 4 is 11.7 Å². The van der Waals surface area contributed by atoms with Crippen molar-refractivity contribution in [2.45, 2.75) is 19.3 Å². The number of rotatable bonds is 5. The first-order chi connectivity index (χ1) is 11.3. The quantitative estimate of drug-likeness (QED) is 0.850. The predicted octanol–water partition coefficient (Wildman–Crippen LogP) is 2.04. The average molecular weight is 313 g/mol. The molecular formula is C16H19N5O2. The van der Waals surface area contributed by atoms with Gasteiger partial charge in [0.05, 0.1) is 0 Å². The van der Waals surface area contributed by atoms with Crippen molar-refractivity contribution in [1.82, 2.24) is 20.4 Å². The van der Waals surface area contributed by atoms with E-state index in [1.54, 1.807) is 12.3 Å². The molecule has 0 unspecified atom stereocenters.